The lowest BCUT2D eigenvalue weighted by atomic mass is 10.0. The van der Waals surface area contributed by atoms with Crippen LogP contribution in [-0.4, -0.2) is 5.97 Å². The van der Waals surface area contributed by atoms with Crippen LogP contribution in [0.4, 0.5) is 0 Å². The van der Waals surface area contributed by atoms with E-state index >= 15 is 0 Å². The first-order chi connectivity index (χ1) is 19.8. The van der Waals surface area contributed by atoms with Crippen molar-refractivity contribution < 1.29 is 23.7 Å². The molecule has 208 valence electrons. The Morgan fingerprint density at radius 2 is 1.24 bits per heavy atom. The van der Waals surface area contributed by atoms with Crippen LogP contribution in [0, 0.1) is 0 Å². The average Bonchev–Trinajstić information content (AvgIpc) is 2.96. The monoisotopic (exact) mass is 606 g/mol. The smallest absolute Gasteiger partial charge is 0.308 e. The molecule has 1 atom stereocenters. The number of para-hydroxylation sites is 2. The molecule has 0 saturated carbocycles. The third-order valence-electron chi connectivity index (χ3n) is 6.20. The molecule has 0 saturated heterocycles. The van der Waals surface area contributed by atoms with Gasteiger partial charge in [-0.15, -0.1) is 0 Å². The minimum Gasteiger partial charge on any atom is -0.481 e. The van der Waals surface area contributed by atoms with Crippen LogP contribution in [0.2, 0.25) is 15.1 Å². The maximum atomic E-state index is 12.4. The van der Waals surface area contributed by atoms with E-state index in [1.807, 2.05) is 49.4 Å². The van der Waals surface area contributed by atoms with E-state index in [2.05, 4.69) is 0 Å². The van der Waals surface area contributed by atoms with Gasteiger partial charge >= 0.3 is 5.97 Å². The first-order valence-electron chi connectivity index (χ1n) is 12.9. The first kappa shape index (κ1) is 28.6. The molecular formula is C33H25Cl3O5. The molecule has 0 aliphatic heterocycles. The zero-order chi connectivity index (χ0) is 28.9. The van der Waals surface area contributed by atoms with Gasteiger partial charge in [-0.2, -0.15) is 0 Å². The Morgan fingerprint density at radius 1 is 0.683 bits per heavy atom. The number of hydrogen-bond acceptors (Lipinski definition) is 5. The zero-order valence-corrected chi connectivity index (χ0v) is 24.5. The number of halogens is 3. The lowest BCUT2D eigenvalue weighted by Crippen LogP contribution is -2.10. The molecule has 0 amide bonds. The van der Waals surface area contributed by atoms with Gasteiger partial charge in [-0.1, -0.05) is 84.2 Å². The summed E-state index contributed by atoms with van der Waals surface area (Å²) >= 11 is 19.2. The van der Waals surface area contributed by atoms with E-state index in [4.69, 9.17) is 53.8 Å². The molecule has 0 heterocycles. The van der Waals surface area contributed by atoms with E-state index in [1.165, 1.54) is 6.92 Å². The van der Waals surface area contributed by atoms with E-state index in [0.29, 0.717) is 49.5 Å². The molecule has 0 aliphatic carbocycles. The van der Waals surface area contributed by atoms with Crippen molar-refractivity contribution in [2.24, 2.45) is 0 Å². The maximum Gasteiger partial charge on any atom is 0.308 e. The molecule has 0 radical (unpaired) electrons. The molecule has 5 nitrogen and oxygen atoms in total. The van der Waals surface area contributed by atoms with Crippen LogP contribution in [0.1, 0.15) is 31.9 Å². The van der Waals surface area contributed by atoms with Gasteiger partial charge in [0.2, 0.25) is 11.5 Å². The Balaban J connectivity index is 1.81. The Labute approximate surface area is 253 Å². The van der Waals surface area contributed by atoms with Crippen molar-refractivity contribution in [3.8, 4) is 34.5 Å². The molecule has 8 heteroatoms. The van der Waals surface area contributed by atoms with E-state index in [0.717, 1.165) is 5.56 Å². The first-order valence-corrected chi connectivity index (χ1v) is 14.0. The standard InChI is InChI=1S/C33H25Cl3O5/c1-3-29(26-17-15-22(35)19-28(26)36)41-30-25-16-14-21(34)18-27(25)31(38-20(2)37)33(40-24-12-8-5-9-13-24)32(30)39-23-10-6-4-7-11-23/h4-19,29H,3H2,1-2H3. The molecule has 5 aromatic rings. The highest BCUT2D eigenvalue weighted by molar-refractivity contribution is 6.35. The summed E-state index contributed by atoms with van der Waals surface area (Å²) in [6, 6.07) is 28.8. The van der Waals surface area contributed by atoms with E-state index in [9.17, 15) is 4.79 Å². The Hall–Kier alpha value is -3.90. The zero-order valence-electron chi connectivity index (χ0n) is 22.2. The van der Waals surface area contributed by atoms with Crippen molar-refractivity contribution in [2.75, 3.05) is 0 Å². The van der Waals surface area contributed by atoms with Gasteiger partial charge in [-0.3, -0.25) is 4.79 Å². The van der Waals surface area contributed by atoms with Gasteiger partial charge in [0.25, 0.3) is 0 Å². The van der Waals surface area contributed by atoms with Gasteiger partial charge < -0.3 is 18.9 Å². The second-order valence-corrected chi connectivity index (χ2v) is 10.4. The molecule has 0 bridgehead atoms. The molecule has 0 N–H and O–H groups in total. The number of carbonyl (C=O) groups is 1. The SMILES string of the molecule is CCC(Oc1c(Oc2ccccc2)c(Oc2ccccc2)c(OC(C)=O)c2cc(Cl)ccc12)c1ccc(Cl)cc1Cl. The highest BCUT2D eigenvalue weighted by Gasteiger charge is 2.29. The van der Waals surface area contributed by atoms with Crippen molar-refractivity contribution in [1.82, 2.24) is 0 Å². The molecule has 0 aliphatic rings. The van der Waals surface area contributed by atoms with Crippen molar-refractivity contribution in [3.63, 3.8) is 0 Å². The normalized spacial score (nSPS) is 11.6. The highest BCUT2D eigenvalue weighted by atomic mass is 35.5. The van der Waals surface area contributed by atoms with Crippen LogP contribution in [0.25, 0.3) is 10.8 Å². The van der Waals surface area contributed by atoms with Crippen molar-refractivity contribution in [3.05, 3.63) is 118 Å². The lowest BCUT2D eigenvalue weighted by Gasteiger charge is -2.25. The number of esters is 1. The quantitative estimate of drug-likeness (QED) is 0.123. The van der Waals surface area contributed by atoms with E-state index in [-0.39, 0.29) is 17.2 Å². The minimum atomic E-state index is -0.539. The third kappa shape index (κ3) is 6.54. The van der Waals surface area contributed by atoms with Crippen molar-refractivity contribution in [2.45, 2.75) is 26.4 Å². The predicted octanol–water partition coefficient (Wildman–Crippen LogP) is 10.8. The Bertz CT molecular complexity index is 1690. The summed E-state index contributed by atoms with van der Waals surface area (Å²) in [6.07, 6.45) is 0.0860. The number of carbonyl (C=O) groups excluding carboxylic acids is 1. The second-order valence-electron chi connectivity index (χ2n) is 9.11. The summed E-state index contributed by atoms with van der Waals surface area (Å²) in [7, 11) is 0. The van der Waals surface area contributed by atoms with E-state index < -0.39 is 12.1 Å². The van der Waals surface area contributed by atoms with Crippen LogP contribution in [0.15, 0.2) is 97.1 Å². The lowest BCUT2D eigenvalue weighted by molar-refractivity contribution is -0.131. The van der Waals surface area contributed by atoms with Gasteiger partial charge in [0.1, 0.15) is 17.6 Å². The van der Waals surface area contributed by atoms with Crippen molar-refractivity contribution >= 4 is 51.5 Å². The summed E-state index contributed by atoms with van der Waals surface area (Å²) in [5.41, 5.74) is 0.751. The predicted molar refractivity (Wildman–Crippen MR) is 163 cm³/mol. The van der Waals surface area contributed by atoms with Crippen LogP contribution in [-0.2, 0) is 4.79 Å². The molecule has 0 spiro atoms. The fraction of sp³-hybridized carbons (Fsp3) is 0.121. The Kier molecular flexibility index (Phi) is 8.89. The van der Waals surface area contributed by atoms with Gasteiger partial charge in [0, 0.05) is 38.3 Å². The summed E-state index contributed by atoms with van der Waals surface area (Å²) in [5.74, 6) is 1.36. The van der Waals surface area contributed by atoms with Crippen LogP contribution in [0.3, 0.4) is 0 Å². The summed E-state index contributed by atoms with van der Waals surface area (Å²) in [5, 5.41) is 2.53. The summed E-state index contributed by atoms with van der Waals surface area (Å²) in [4.78, 5) is 12.4. The number of fused-ring (bicyclic) bond motifs is 1. The largest absolute Gasteiger partial charge is 0.481 e. The minimum absolute atomic E-state index is 0.148. The van der Waals surface area contributed by atoms with E-state index in [1.54, 1.807) is 54.6 Å². The molecule has 0 fully saturated rings. The molecule has 0 aromatic heterocycles. The maximum absolute atomic E-state index is 12.4. The van der Waals surface area contributed by atoms with Gasteiger partial charge in [0.05, 0.1) is 0 Å². The molecule has 5 aromatic carbocycles. The molecule has 5 rings (SSSR count). The van der Waals surface area contributed by atoms with Gasteiger partial charge in [-0.05, 0) is 61.0 Å². The highest BCUT2D eigenvalue weighted by Crippen LogP contribution is 2.55. The number of ether oxygens (including phenoxy) is 4. The molecule has 1 unspecified atom stereocenters. The average molecular weight is 608 g/mol. The fourth-order valence-electron chi connectivity index (χ4n) is 4.39. The van der Waals surface area contributed by atoms with Gasteiger partial charge in [0.15, 0.2) is 11.5 Å². The number of benzene rings is 5. The third-order valence-corrected chi connectivity index (χ3v) is 7.00. The molecule has 41 heavy (non-hydrogen) atoms. The van der Waals surface area contributed by atoms with Crippen LogP contribution >= 0.6 is 34.8 Å². The fourth-order valence-corrected chi connectivity index (χ4v) is 5.09. The molecular weight excluding hydrogens is 583 g/mol. The van der Waals surface area contributed by atoms with Crippen LogP contribution in [0.5, 0.6) is 34.5 Å². The number of rotatable bonds is 9. The Morgan fingerprint density at radius 3 is 1.80 bits per heavy atom. The van der Waals surface area contributed by atoms with Crippen molar-refractivity contribution in [1.29, 1.82) is 0 Å². The van der Waals surface area contributed by atoms with Gasteiger partial charge in [-0.25, -0.2) is 0 Å². The number of hydrogen-bond donors (Lipinski definition) is 0. The van der Waals surface area contributed by atoms with Crippen LogP contribution < -0.4 is 18.9 Å². The summed E-state index contributed by atoms with van der Waals surface area (Å²) < 4.78 is 25.4. The topological polar surface area (TPSA) is 54.0 Å². The second kappa shape index (κ2) is 12.7. The summed E-state index contributed by atoms with van der Waals surface area (Å²) in [6.45, 7) is 3.31.